The topological polar surface area (TPSA) is 116 Å². The lowest BCUT2D eigenvalue weighted by Gasteiger charge is -2.11. The fraction of sp³-hybridized carbons (Fsp3) is 0.0455. The van der Waals surface area contributed by atoms with Crippen molar-refractivity contribution in [2.75, 3.05) is 10.0 Å². The van der Waals surface area contributed by atoms with E-state index >= 15 is 0 Å². The third-order valence-electron chi connectivity index (χ3n) is 4.78. The molecule has 0 bridgehead atoms. The first-order chi connectivity index (χ1) is 15.4. The van der Waals surface area contributed by atoms with E-state index in [0.29, 0.717) is 11.3 Å². The smallest absolute Gasteiger partial charge is 0.416 e. The van der Waals surface area contributed by atoms with Crippen LogP contribution in [0.1, 0.15) is 16.7 Å². The molecule has 0 atom stereocenters. The number of nitrogens with one attached hydrogen (secondary N) is 2. The first kappa shape index (κ1) is 22.2. The van der Waals surface area contributed by atoms with E-state index in [1.165, 1.54) is 36.4 Å². The van der Waals surface area contributed by atoms with Crippen molar-refractivity contribution in [3.8, 4) is 11.5 Å². The molecule has 0 aromatic heterocycles. The molecule has 1 heterocycles. The van der Waals surface area contributed by atoms with Gasteiger partial charge in [0.1, 0.15) is 11.5 Å². The summed E-state index contributed by atoms with van der Waals surface area (Å²) >= 11 is 0. The summed E-state index contributed by atoms with van der Waals surface area (Å²) in [5, 5.41) is 21.9. The van der Waals surface area contributed by atoms with Gasteiger partial charge in [-0.1, -0.05) is 0 Å². The van der Waals surface area contributed by atoms with E-state index < -0.39 is 27.7 Å². The van der Waals surface area contributed by atoms with E-state index in [9.17, 15) is 36.6 Å². The number of sulfonamides is 1. The Hall–Kier alpha value is -3.99. The molecule has 1 aliphatic rings. The van der Waals surface area contributed by atoms with Crippen LogP contribution >= 0.6 is 0 Å². The van der Waals surface area contributed by atoms with Crippen LogP contribution in [0.15, 0.2) is 65.6 Å². The second kappa shape index (κ2) is 7.85. The summed E-state index contributed by atoms with van der Waals surface area (Å²) in [5.74, 6) is -0.965. The number of amides is 1. The Morgan fingerprint density at radius 1 is 0.909 bits per heavy atom. The molecule has 0 unspecified atom stereocenters. The zero-order valence-electron chi connectivity index (χ0n) is 16.5. The van der Waals surface area contributed by atoms with Gasteiger partial charge in [0.15, 0.2) is 0 Å². The summed E-state index contributed by atoms with van der Waals surface area (Å²) < 4.78 is 65.9. The SMILES string of the molecule is O=C1Nc2ccc(S(=O)(=O)Nc3ccc(C(F)(F)F)cc3)cc2C1=Cc1cc(O)cc(O)c1. The van der Waals surface area contributed by atoms with Gasteiger partial charge in [-0.05, 0) is 66.2 Å². The molecule has 0 spiro atoms. The van der Waals surface area contributed by atoms with Crippen molar-refractivity contribution < 1.29 is 36.6 Å². The number of hydrogen-bond donors (Lipinski definition) is 4. The fourth-order valence-electron chi connectivity index (χ4n) is 3.29. The standard InChI is InChI=1S/C22H15F3N2O5S/c23-22(24,25)13-1-3-14(4-2-13)27-33(31,32)17-5-6-20-18(11-17)19(21(30)26-20)9-12-7-15(28)10-16(29)8-12/h1-11,27-29H,(H,26,30). The molecule has 0 saturated heterocycles. The van der Waals surface area contributed by atoms with Crippen molar-refractivity contribution in [1.29, 1.82) is 0 Å². The molecule has 170 valence electrons. The normalized spacial score (nSPS) is 14.8. The zero-order valence-corrected chi connectivity index (χ0v) is 17.3. The van der Waals surface area contributed by atoms with Gasteiger partial charge in [-0.25, -0.2) is 8.42 Å². The minimum Gasteiger partial charge on any atom is -0.508 e. The molecule has 0 aliphatic carbocycles. The van der Waals surface area contributed by atoms with Gasteiger partial charge in [-0.15, -0.1) is 0 Å². The Morgan fingerprint density at radius 2 is 1.55 bits per heavy atom. The van der Waals surface area contributed by atoms with E-state index in [1.54, 1.807) is 0 Å². The highest BCUT2D eigenvalue weighted by atomic mass is 32.2. The third-order valence-corrected chi connectivity index (χ3v) is 6.16. The van der Waals surface area contributed by atoms with Crippen LogP contribution in [0.2, 0.25) is 0 Å². The third kappa shape index (κ3) is 4.62. The van der Waals surface area contributed by atoms with E-state index in [2.05, 4.69) is 10.0 Å². The molecular formula is C22H15F3N2O5S. The molecule has 3 aromatic rings. The molecule has 3 aromatic carbocycles. The van der Waals surface area contributed by atoms with E-state index in [4.69, 9.17) is 0 Å². The predicted octanol–water partition coefficient (Wildman–Crippen LogP) is 4.41. The predicted molar refractivity (Wildman–Crippen MR) is 115 cm³/mol. The van der Waals surface area contributed by atoms with Crippen molar-refractivity contribution in [2.24, 2.45) is 0 Å². The number of hydrogen-bond acceptors (Lipinski definition) is 5. The van der Waals surface area contributed by atoms with Crippen LogP contribution in [-0.2, 0) is 21.0 Å². The van der Waals surface area contributed by atoms with E-state index in [-0.39, 0.29) is 33.2 Å². The number of halogens is 3. The molecule has 0 fully saturated rings. The number of fused-ring (bicyclic) bond motifs is 1. The Balaban J connectivity index is 1.67. The number of anilines is 2. The summed E-state index contributed by atoms with van der Waals surface area (Å²) in [5.41, 5.74) is 0.0366. The molecule has 4 rings (SSSR count). The van der Waals surface area contributed by atoms with Crippen molar-refractivity contribution >= 4 is 39.0 Å². The number of rotatable bonds is 4. The summed E-state index contributed by atoms with van der Waals surface area (Å²) in [6.07, 6.45) is -3.17. The molecule has 1 aliphatic heterocycles. The second-order valence-corrected chi connectivity index (χ2v) is 8.87. The van der Waals surface area contributed by atoms with Crippen LogP contribution in [0, 0.1) is 0 Å². The van der Waals surface area contributed by atoms with Crippen LogP contribution in [0.5, 0.6) is 11.5 Å². The van der Waals surface area contributed by atoms with Crippen molar-refractivity contribution in [2.45, 2.75) is 11.1 Å². The second-order valence-electron chi connectivity index (χ2n) is 7.18. The van der Waals surface area contributed by atoms with Crippen molar-refractivity contribution in [3.63, 3.8) is 0 Å². The maximum atomic E-state index is 12.8. The van der Waals surface area contributed by atoms with Gasteiger partial charge >= 0.3 is 6.18 Å². The lowest BCUT2D eigenvalue weighted by atomic mass is 10.0. The van der Waals surface area contributed by atoms with Gasteiger partial charge in [-0.2, -0.15) is 13.2 Å². The largest absolute Gasteiger partial charge is 0.508 e. The number of carbonyl (C=O) groups is 1. The van der Waals surface area contributed by atoms with Crippen LogP contribution in [0.4, 0.5) is 24.5 Å². The molecule has 11 heteroatoms. The molecule has 1 amide bonds. The lowest BCUT2D eigenvalue weighted by Crippen LogP contribution is -2.13. The zero-order chi connectivity index (χ0) is 24.0. The van der Waals surface area contributed by atoms with Crippen molar-refractivity contribution in [1.82, 2.24) is 0 Å². The Morgan fingerprint density at radius 3 is 2.15 bits per heavy atom. The van der Waals surface area contributed by atoms with Crippen LogP contribution in [-0.4, -0.2) is 24.5 Å². The molecule has 4 N–H and O–H groups in total. The number of alkyl halides is 3. The minimum absolute atomic E-state index is 0.0660. The highest BCUT2D eigenvalue weighted by Crippen LogP contribution is 2.36. The lowest BCUT2D eigenvalue weighted by molar-refractivity contribution is -0.137. The summed E-state index contributed by atoms with van der Waals surface area (Å²) in [7, 11) is -4.19. The molecule has 7 nitrogen and oxygen atoms in total. The highest BCUT2D eigenvalue weighted by Gasteiger charge is 2.30. The monoisotopic (exact) mass is 476 g/mol. The van der Waals surface area contributed by atoms with Crippen LogP contribution in [0.25, 0.3) is 11.6 Å². The Bertz CT molecular complexity index is 1380. The maximum absolute atomic E-state index is 12.8. The van der Waals surface area contributed by atoms with Crippen LogP contribution in [0.3, 0.4) is 0 Å². The van der Waals surface area contributed by atoms with Gasteiger partial charge in [-0.3, -0.25) is 9.52 Å². The van der Waals surface area contributed by atoms with Gasteiger partial charge in [0.05, 0.1) is 10.5 Å². The summed E-state index contributed by atoms with van der Waals surface area (Å²) in [6, 6.07) is 11.1. The van der Waals surface area contributed by atoms with Gasteiger partial charge < -0.3 is 15.5 Å². The number of phenols is 2. The molecule has 0 saturated carbocycles. The number of phenolic OH excluding ortho intramolecular Hbond substituents is 2. The fourth-order valence-corrected chi connectivity index (χ4v) is 4.37. The van der Waals surface area contributed by atoms with Gasteiger partial charge in [0, 0.05) is 28.6 Å². The highest BCUT2D eigenvalue weighted by molar-refractivity contribution is 7.92. The average Bonchev–Trinajstić information content (AvgIpc) is 3.01. The van der Waals surface area contributed by atoms with Gasteiger partial charge in [0.25, 0.3) is 15.9 Å². The first-order valence-electron chi connectivity index (χ1n) is 9.33. The first-order valence-corrected chi connectivity index (χ1v) is 10.8. The van der Waals surface area contributed by atoms with E-state index in [1.807, 2.05) is 0 Å². The average molecular weight is 476 g/mol. The molecule has 0 radical (unpaired) electrons. The molecular weight excluding hydrogens is 461 g/mol. The number of carbonyl (C=O) groups excluding carboxylic acids is 1. The Kier molecular flexibility index (Phi) is 5.29. The summed E-state index contributed by atoms with van der Waals surface area (Å²) in [6.45, 7) is 0. The number of aromatic hydroxyl groups is 2. The maximum Gasteiger partial charge on any atom is 0.416 e. The molecule has 33 heavy (non-hydrogen) atoms. The van der Waals surface area contributed by atoms with Crippen molar-refractivity contribution in [3.05, 3.63) is 77.4 Å². The summed E-state index contributed by atoms with van der Waals surface area (Å²) in [4.78, 5) is 12.2. The quantitative estimate of drug-likeness (QED) is 0.417. The van der Waals surface area contributed by atoms with E-state index in [0.717, 1.165) is 30.3 Å². The van der Waals surface area contributed by atoms with Crippen LogP contribution < -0.4 is 10.0 Å². The number of benzene rings is 3. The Labute approximate surface area is 185 Å². The van der Waals surface area contributed by atoms with Gasteiger partial charge in [0.2, 0.25) is 0 Å². The minimum atomic E-state index is -4.55.